The largest absolute Gasteiger partial charge is 0.469 e. The lowest BCUT2D eigenvalue weighted by atomic mass is 10.3. The first-order chi connectivity index (χ1) is 7.20. The molecular weight excluding hydrogens is 200 g/mol. The predicted molar refractivity (Wildman–Crippen MR) is 54.1 cm³/mol. The molecule has 0 saturated heterocycles. The summed E-state index contributed by atoms with van der Waals surface area (Å²) < 4.78 is 9.36. The van der Waals surface area contributed by atoms with Crippen LogP contribution in [0, 0.1) is 0 Å². The SMILES string of the molecule is COC(=O)CCCNC(=O)COCCN. The lowest BCUT2D eigenvalue weighted by Crippen LogP contribution is -2.29. The standard InChI is InChI=1S/C9H18N2O4/c1-14-9(13)3-2-5-11-8(12)7-15-6-4-10/h2-7,10H2,1H3,(H,11,12). The van der Waals surface area contributed by atoms with Crippen molar-refractivity contribution < 1.29 is 19.1 Å². The summed E-state index contributed by atoms with van der Waals surface area (Å²) in [5.74, 6) is -0.475. The van der Waals surface area contributed by atoms with Gasteiger partial charge in [0.2, 0.25) is 5.91 Å². The third-order valence-electron chi connectivity index (χ3n) is 1.60. The van der Waals surface area contributed by atoms with Crippen LogP contribution in [0.3, 0.4) is 0 Å². The second-order valence-corrected chi connectivity index (χ2v) is 2.87. The molecule has 88 valence electrons. The number of hydrogen-bond acceptors (Lipinski definition) is 5. The highest BCUT2D eigenvalue weighted by Crippen LogP contribution is 1.89. The van der Waals surface area contributed by atoms with E-state index in [1.807, 2.05) is 0 Å². The van der Waals surface area contributed by atoms with Crippen LogP contribution in [0.25, 0.3) is 0 Å². The predicted octanol–water partition coefficient (Wildman–Crippen LogP) is -0.969. The molecule has 0 saturated carbocycles. The Morgan fingerprint density at radius 3 is 2.73 bits per heavy atom. The highest BCUT2D eigenvalue weighted by molar-refractivity contribution is 5.77. The molecule has 0 radical (unpaired) electrons. The van der Waals surface area contributed by atoms with Gasteiger partial charge in [0.15, 0.2) is 0 Å². The van der Waals surface area contributed by atoms with Gasteiger partial charge < -0.3 is 20.5 Å². The van der Waals surface area contributed by atoms with E-state index in [1.54, 1.807) is 0 Å². The van der Waals surface area contributed by atoms with E-state index < -0.39 is 0 Å². The average molecular weight is 218 g/mol. The van der Waals surface area contributed by atoms with Crippen molar-refractivity contribution in [3.05, 3.63) is 0 Å². The maximum atomic E-state index is 11.0. The summed E-state index contributed by atoms with van der Waals surface area (Å²) in [6.45, 7) is 1.22. The van der Waals surface area contributed by atoms with Gasteiger partial charge in [0.25, 0.3) is 0 Å². The molecular formula is C9H18N2O4. The molecule has 0 heterocycles. The van der Waals surface area contributed by atoms with Crippen molar-refractivity contribution in [2.75, 3.05) is 33.4 Å². The molecule has 0 atom stereocenters. The molecule has 3 N–H and O–H groups in total. The molecule has 0 spiro atoms. The molecule has 0 aromatic carbocycles. The molecule has 15 heavy (non-hydrogen) atoms. The Morgan fingerprint density at radius 2 is 2.13 bits per heavy atom. The summed E-state index contributed by atoms with van der Waals surface area (Å²) in [6, 6.07) is 0. The fourth-order valence-electron chi connectivity index (χ4n) is 0.862. The van der Waals surface area contributed by atoms with Crippen LogP contribution >= 0.6 is 0 Å². The van der Waals surface area contributed by atoms with E-state index in [9.17, 15) is 9.59 Å². The molecule has 0 aliphatic carbocycles. The molecule has 6 nitrogen and oxygen atoms in total. The number of nitrogens with one attached hydrogen (secondary N) is 1. The summed E-state index contributed by atoms with van der Waals surface area (Å²) in [6.07, 6.45) is 0.871. The molecule has 0 aliphatic rings. The lowest BCUT2D eigenvalue weighted by molar-refractivity contribution is -0.140. The van der Waals surface area contributed by atoms with E-state index in [0.29, 0.717) is 32.5 Å². The van der Waals surface area contributed by atoms with Gasteiger partial charge in [0.05, 0.1) is 13.7 Å². The van der Waals surface area contributed by atoms with Gasteiger partial charge in [-0.2, -0.15) is 0 Å². The molecule has 6 heteroatoms. The topological polar surface area (TPSA) is 90.6 Å². The Labute approximate surface area is 89.1 Å². The van der Waals surface area contributed by atoms with Crippen LogP contribution in [-0.4, -0.2) is 45.3 Å². The number of carbonyl (C=O) groups is 2. The number of hydrogen-bond donors (Lipinski definition) is 2. The fraction of sp³-hybridized carbons (Fsp3) is 0.778. The molecule has 0 aromatic rings. The summed E-state index contributed by atoms with van der Waals surface area (Å²) in [4.78, 5) is 21.7. The minimum absolute atomic E-state index is 0.00935. The quantitative estimate of drug-likeness (QED) is 0.404. The first-order valence-corrected chi connectivity index (χ1v) is 4.82. The molecule has 0 aromatic heterocycles. The zero-order chi connectivity index (χ0) is 11.5. The highest BCUT2D eigenvalue weighted by Gasteiger charge is 2.02. The molecule has 0 rings (SSSR count). The maximum absolute atomic E-state index is 11.0. The number of esters is 1. The molecule has 0 aliphatic heterocycles. The van der Waals surface area contributed by atoms with Crippen molar-refractivity contribution in [2.24, 2.45) is 5.73 Å². The Bertz CT molecular complexity index is 197. The first kappa shape index (κ1) is 13.9. The van der Waals surface area contributed by atoms with Crippen molar-refractivity contribution >= 4 is 11.9 Å². The van der Waals surface area contributed by atoms with E-state index in [0.717, 1.165) is 0 Å². The zero-order valence-electron chi connectivity index (χ0n) is 8.95. The van der Waals surface area contributed by atoms with E-state index >= 15 is 0 Å². The summed E-state index contributed by atoms with van der Waals surface area (Å²) in [5.41, 5.74) is 5.18. The van der Waals surface area contributed by atoms with Crippen molar-refractivity contribution in [3.8, 4) is 0 Å². The molecule has 0 fully saturated rings. The molecule has 1 amide bonds. The highest BCUT2D eigenvalue weighted by atomic mass is 16.5. The number of nitrogens with two attached hydrogens (primary N) is 1. The van der Waals surface area contributed by atoms with E-state index in [-0.39, 0.29) is 18.5 Å². The lowest BCUT2D eigenvalue weighted by Gasteiger charge is -2.04. The van der Waals surface area contributed by atoms with Crippen molar-refractivity contribution in [3.63, 3.8) is 0 Å². The van der Waals surface area contributed by atoms with E-state index in [4.69, 9.17) is 10.5 Å². The van der Waals surface area contributed by atoms with Crippen LogP contribution in [0.1, 0.15) is 12.8 Å². The first-order valence-electron chi connectivity index (χ1n) is 4.82. The van der Waals surface area contributed by atoms with Gasteiger partial charge in [-0.05, 0) is 6.42 Å². The Hall–Kier alpha value is -1.14. The van der Waals surface area contributed by atoms with Crippen molar-refractivity contribution in [1.82, 2.24) is 5.32 Å². The normalized spacial score (nSPS) is 9.73. The van der Waals surface area contributed by atoms with Crippen LogP contribution in [0.5, 0.6) is 0 Å². The number of methoxy groups -OCH3 is 1. The third kappa shape index (κ3) is 9.17. The van der Waals surface area contributed by atoms with Gasteiger partial charge in [-0.15, -0.1) is 0 Å². The van der Waals surface area contributed by atoms with Gasteiger partial charge in [0, 0.05) is 19.5 Å². The minimum Gasteiger partial charge on any atom is -0.469 e. The van der Waals surface area contributed by atoms with Gasteiger partial charge in [-0.3, -0.25) is 9.59 Å². The number of ether oxygens (including phenoxy) is 2. The van der Waals surface area contributed by atoms with Crippen LogP contribution in [0.4, 0.5) is 0 Å². The van der Waals surface area contributed by atoms with Crippen molar-refractivity contribution in [2.45, 2.75) is 12.8 Å². The van der Waals surface area contributed by atoms with Crippen LogP contribution in [-0.2, 0) is 19.1 Å². The second-order valence-electron chi connectivity index (χ2n) is 2.87. The second kappa shape index (κ2) is 9.42. The number of amides is 1. The zero-order valence-corrected chi connectivity index (χ0v) is 8.95. The van der Waals surface area contributed by atoms with E-state index in [2.05, 4.69) is 10.1 Å². The van der Waals surface area contributed by atoms with Gasteiger partial charge >= 0.3 is 5.97 Å². The molecule has 0 unspecified atom stereocenters. The molecule has 0 bridgehead atoms. The van der Waals surface area contributed by atoms with Gasteiger partial charge in [-0.25, -0.2) is 0 Å². The monoisotopic (exact) mass is 218 g/mol. The Balaban J connectivity index is 3.27. The van der Waals surface area contributed by atoms with Crippen molar-refractivity contribution in [1.29, 1.82) is 0 Å². The minimum atomic E-state index is -0.274. The summed E-state index contributed by atoms with van der Waals surface area (Å²) in [7, 11) is 1.33. The Morgan fingerprint density at radius 1 is 1.40 bits per heavy atom. The maximum Gasteiger partial charge on any atom is 0.305 e. The summed E-state index contributed by atoms with van der Waals surface area (Å²) >= 11 is 0. The Kier molecular flexibility index (Phi) is 8.70. The average Bonchev–Trinajstić information content (AvgIpc) is 2.24. The third-order valence-corrected chi connectivity index (χ3v) is 1.60. The summed E-state index contributed by atoms with van der Waals surface area (Å²) in [5, 5.41) is 2.61. The fourth-order valence-corrected chi connectivity index (χ4v) is 0.862. The van der Waals surface area contributed by atoms with E-state index in [1.165, 1.54) is 7.11 Å². The van der Waals surface area contributed by atoms with Crippen LogP contribution in [0.2, 0.25) is 0 Å². The van der Waals surface area contributed by atoms with Gasteiger partial charge in [-0.1, -0.05) is 0 Å². The van der Waals surface area contributed by atoms with Crippen LogP contribution < -0.4 is 11.1 Å². The smallest absolute Gasteiger partial charge is 0.305 e. The van der Waals surface area contributed by atoms with Crippen LogP contribution in [0.15, 0.2) is 0 Å². The van der Waals surface area contributed by atoms with Gasteiger partial charge in [0.1, 0.15) is 6.61 Å². The number of carbonyl (C=O) groups excluding carboxylic acids is 2. The number of rotatable bonds is 8.